The number of oxazole rings is 1. The number of methoxy groups -OCH3 is 1. The third-order valence-corrected chi connectivity index (χ3v) is 3.78. The van der Waals surface area contributed by atoms with Gasteiger partial charge in [0.1, 0.15) is 5.75 Å². The van der Waals surface area contributed by atoms with Gasteiger partial charge in [-0.3, -0.25) is 4.79 Å². The van der Waals surface area contributed by atoms with Crippen LogP contribution in [0.15, 0.2) is 35.2 Å². The van der Waals surface area contributed by atoms with Crippen molar-refractivity contribution >= 4 is 11.6 Å². The summed E-state index contributed by atoms with van der Waals surface area (Å²) in [4.78, 5) is 16.0. The van der Waals surface area contributed by atoms with Crippen LogP contribution in [-0.4, -0.2) is 30.6 Å². The highest BCUT2D eigenvalue weighted by atomic mass is 16.5. The summed E-state index contributed by atoms with van der Waals surface area (Å²) in [6.45, 7) is 0.998. The van der Waals surface area contributed by atoms with Crippen molar-refractivity contribution in [1.82, 2.24) is 10.3 Å². The molecule has 0 spiro atoms. The van der Waals surface area contributed by atoms with Crippen LogP contribution in [0.2, 0.25) is 0 Å². The smallest absolute Gasteiger partial charge is 0.225 e. The van der Waals surface area contributed by atoms with Crippen LogP contribution in [0.4, 0.5) is 5.69 Å². The van der Waals surface area contributed by atoms with Crippen molar-refractivity contribution < 1.29 is 13.9 Å². The number of carbonyl (C=O) groups excluding carboxylic acids is 1. The quantitative estimate of drug-likeness (QED) is 0.887. The highest BCUT2D eigenvalue weighted by Gasteiger charge is 2.18. The number of hydrogen-bond acceptors (Lipinski definition) is 5. The van der Waals surface area contributed by atoms with Gasteiger partial charge in [0.25, 0.3) is 0 Å². The van der Waals surface area contributed by atoms with Crippen LogP contribution >= 0.6 is 0 Å². The summed E-state index contributed by atoms with van der Waals surface area (Å²) in [5.41, 5.74) is 1.51. The number of rotatable bonds is 5. The molecule has 0 radical (unpaired) electrons. The lowest BCUT2D eigenvalue weighted by molar-refractivity contribution is -0.116. The second-order valence-corrected chi connectivity index (χ2v) is 5.33. The average Bonchev–Trinajstić information content (AvgIpc) is 3.20. The van der Waals surface area contributed by atoms with Crippen molar-refractivity contribution in [3.05, 3.63) is 30.8 Å². The number of benzene rings is 1. The Morgan fingerprint density at radius 3 is 3.14 bits per heavy atom. The fourth-order valence-electron chi connectivity index (χ4n) is 2.69. The van der Waals surface area contributed by atoms with E-state index < -0.39 is 0 Å². The number of aromatic nitrogens is 1. The molecule has 0 unspecified atom stereocenters. The third kappa shape index (κ3) is 3.28. The molecular weight excluding hydrogens is 282 g/mol. The third-order valence-electron chi connectivity index (χ3n) is 3.78. The van der Waals surface area contributed by atoms with Crippen molar-refractivity contribution in [3.63, 3.8) is 0 Å². The summed E-state index contributed by atoms with van der Waals surface area (Å²) in [5.74, 6) is 1.27. The predicted molar refractivity (Wildman–Crippen MR) is 82.8 cm³/mol. The van der Waals surface area contributed by atoms with Gasteiger partial charge in [0.2, 0.25) is 5.91 Å². The standard InChI is InChI=1S/C16H19N3O3/c1-21-14-7-12(4-5-13(14)15-9-17-10-22-15)19-16(20)8-11-3-2-6-18-11/h4-5,7,9-11,18H,2-3,6,8H2,1H3,(H,19,20)/t11-/m1/s1. The van der Waals surface area contributed by atoms with E-state index in [1.54, 1.807) is 19.4 Å². The van der Waals surface area contributed by atoms with Crippen LogP contribution in [-0.2, 0) is 4.79 Å². The molecule has 1 aliphatic rings. The minimum atomic E-state index is 0.00821. The van der Waals surface area contributed by atoms with Crippen LogP contribution in [0.3, 0.4) is 0 Å². The number of ether oxygens (including phenoxy) is 1. The zero-order chi connectivity index (χ0) is 15.4. The topological polar surface area (TPSA) is 76.4 Å². The normalized spacial score (nSPS) is 17.4. The van der Waals surface area contributed by atoms with Crippen molar-refractivity contribution in [2.24, 2.45) is 0 Å². The van der Waals surface area contributed by atoms with Gasteiger partial charge >= 0.3 is 0 Å². The van der Waals surface area contributed by atoms with E-state index in [-0.39, 0.29) is 11.9 Å². The van der Waals surface area contributed by atoms with Crippen molar-refractivity contribution in [2.75, 3.05) is 19.0 Å². The van der Waals surface area contributed by atoms with E-state index >= 15 is 0 Å². The van der Waals surface area contributed by atoms with Crippen molar-refractivity contribution in [3.8, 4) is 17.1 Å². The Bertz CT molecular complexity index is 634. The zero-order valence-electron chi connectivity index (χ0n) is 12.5. The first-order valence-electron chi connectivity index (χ1n) is 7.36. The maximum Gasteiger partial charge on any atom is 0.225 e. The lowest BCUT2D eigenvalue weighted by Crippen LogP contribution is -2.27. The van der Waals surface area contributed by atoms with Crippen LogP contribution in [0, 0.1) is 0 Å². The summed E-state index contributed by atoms with van der Waals surface area (Å²) in [5, 5.41) is 6.23. The summed E-state index contributed by atoms with van der Waals surface area (Å²) < 4.78 is 10.7. The Labute approximate surface area is 128 Å². The van der Waals surface area contributed by atoms with Gasteiger partial charge in [0, 0.05) is 24.2 Å². The fourth-order valence-corrected chi connectivity index (χ4v) is 2.69. The monoisotopic (exact) mass is 301 g/mol. The second kappa shape index (κ2) is 6.62. The molecule has 0 saturated carbocycles. The van der Waals surface area contributed by atoms with E-state index in [1.165, 1.54) is 6.39 Å². The molecule has 1 atom stereocenters. The molecule has 1 saturated heterocycles. The molecule has 1 fully saturated rings. The molecular formula is C16H19N3O3. The van der Waals surface area contributed by atoms with Gasteiger partial charge in [-0.2, -0.15) is 0 Å². The number of nitrogens with one attached hydrogen (secondary N) is 2. The predicted octanol–water partition coefficient (Wildman–Crippen LogP) is 2.43. The molecule has 22 heavy (non-hydrogen) atoms. The van der Waals surface area contributed by atoms with Gasteiger partial charge in [-0.25, -0.2) is 4.98 Å². The van der Waals surface area contributed by atoms with E-state index in [2.05, 4.69) is 15.6 Å². The van der Waals surface area contributed by atoms with E-state index in [9.17, 15) is 4.79 Å². The van der Waals surface area contributed by atoms with Crippen LogP contribution in [0.25, 0.3) is 11.3 Å². The maximum absolute atomic E-state index is 12.1. The molecule has 116 valence electrons. The Hall–Kier alpha value is -2.34. The Morgan fingerprint density at radius 1 is 1.55 bits per heavy atom. The van der Waals surface area contributed by atoms with E-state index in [1.807, 2.05) is 12.1 Å². The van der Waals surface area contributed by atoms with E-state index in [0.717, 1.165) is 24.9 Å². The van der Waals surface area contributed by atoms with E-state index in [4.69, 9.17) is 9.15 Å². The molecule has 3 rings (SSSR count). The number of nitrogens with zero attached hydrogens (tertiary/aromatic N) is 1. The number of anilines is 1. The Balaban J connectivity index is 1.70. The van der Waals surface area contributed by atoms with Crippen LogP contribution in [0.1, 0.15) is 19.3 Å². The van der Waals surface area contributed by atoms with Gasteiger partial charge < -0.3 is 19.8 Å². The molecule has 1 aliphatic heterocycles. The minimum absolute atomic E-state index is 0.00821. The molecule has 1 amide bonds. The summed E-state index contributed by atoms with van der Waals surface area (Å²) >= 11 is 0. The summed E-state index contributed by atoms with van der Waals surface area (Å²) in [7, 11) is 1.59. The minimum Gasteiger partial charge on any atom is -0.496 e. The van der Waals surface area contributed by atoms with Crippen molar-refractivity contribution in [2.45, 2.75) is 25.3 Å². The Morgan fingerprint density at radius 2 is 2.45 bits per heavy atom. The molecule has 6 nitrogen and oxygen atoms in total. The number of hydrogen-bond donors (Lipinski definition) is 2. The fraction of sp³-hybridized carbons (Fsp3) is 0.375. The molecule has 1 aromatic carbocycles. The van der Waals surface area contributed by atoms with Gasteiger partial charge in [0.15, 0.2) is 12.2 Å². The van der Waals surface area contributed by atoms with Crippen LogP contribution < -0.4 is 15.4 Å². The lowest BCUT2D eigenvalue weighted by Gasteiger charge is -2.12. The lowest BCUT2D eigenvalue weighted by atomic mass is 10.1. The molecule has 0 aliphatic carbocycles. The molecule has 2 aromatic rings. The van der Waals surface area contributed by atoms with Crippen LogP contribution in [0.5, 0.6) is 5.75 Å². The SMILES string of the molecule is COc1cc(NC(=O)C[C@H]2CCCN2)ccc1-c1cnco1. The largest absolute Gasteiger partial charge is 0.496 e. The highest BCUT2D eigenvalue weighted by molar-refractivity contribution is 5.91. The van der Waals surface area contributed by atoms with Gasteiger partial charge in [0.05, 0.1) is 18.9 Å². The second-order valence-electron chi connectivity index (χ2n) is 5.33. The molecule has 2 N–H and O–H groups in total. The van der Waals surface area contributed by atoms with E-state index in [0.29, 0.717) is 23.6 Å². The van der Waals surface area contributed by atoms with Crippen molar-refractivity contribution in [1.29, 1.82) is 0 Å². The molecule has 2 heterocycles. The van der Waals surface area contributed by atoms with Gasteiger partial charge in [-0.05, 0) is 31.5 Å². The van der Waals surface area contributed by atoms with Gasteiger partial charge in [-0.15, -0.1) is 0 Å². The number of carbonyl (C=O) groups is 1. The average molecular weight is 301 g/mol. The highest BCUT2D eigenvalue weighted by Crippen LogP contribution is 2.32. The summed E-state index contributed by atoms with van der Waals surface area (Å²) in [6, 6.07) is 5.76. The molecule has 0 bridgehead atoms. The first-order valence-corrected chi connectivity index (χ1v) is 7.36. The zero-order valence-corrected chi connectivity index (χ0v) is 12.5. The Kier molecular flexibility index (Phi) is 4.39. The first kappa shape index (κ1) is 14.6. The maximum atomic E-state index is 12.1. The number of amides is 1. The first-order chi connectivity index (χ1) is 10.8. The van der Waals surface area contributed by atoms with Gasteiger partial charge in [-0.1, -0.05) is 0 Å². The molecule has 1 aromatic heterocycles. The summed E-state index contributed by atoms with van der Waals surface area (Å²) in [6.07, 6.45) is 5.69. The molecule has 6 heteroatoms.